The highest BCUT2D eigenvalue weighted by Gasteiger charge is 2.14. The van der Waals surface area contributed by atoms with Crippen molar-refractivity contribution < 1.29 is 9.53 Å². The lowest BCUT2D eigenvalue weighted by Crippen LogP contribution is -2.27. The van der Waals surface area contributed by atoms with E-state index in [4.69, 9.17) is 10.5 Å². The van der Waals surface area contributed by atoms with Crippen molar-refractivity contribution in [3.05, 3.63) is 42.5 Å². The third kappa shape index (κ3) is 3.28. The smallest absolute Gasteiger partial charge is 0.255 e. The van der Waals surface area contributed by atoms with Gasteiger partial charge in [-0.1, -0.05) is 6.07 Å². The first-order valence-corrected chi connectivity index (χ1v) is 6.47. The highest BCUT2D eigenvalue weighted by atomic mass is 16.5. The zero-order valence-electron chi connectivity index (χ0n) is 11.4. The Morgan fingerprint density at radius 3 is 3.05 bits per heavy atom. The molecule has 0 bridgehead atoms. The Labute approximate surface area is 117 Å². The molecule has 2 aromatic rings. The molecule has 0 unspecified atom stereocenters. The number of nitrogen functional groups attached to an aromatic ring is 1. The predicted octanol–water partition coefficient (Wildman–Crippen LogP) is 1.29. The van der Waals surface area contributed by atoms with Crippen LogP contribution < -0.4 is 15.8 Å². The summed E-state index contributed by atoms with van der Waals surface area (Å²) in [7, 11) is 0. The quantitative estimate of drug-likeness (QED) is 0.778. The molecule has 1 heterocycles. The number of nitrogens with one attached hydrogen (secondary N) is 1. The monoisotopic (exact) mass is 274 g/mol. The molecule has 0 aliphatic rings. The molecule has 20 heavy (non-hydrogen) atoms. The number of ether oxygens (including phenoxy) is 1. The van der Waals surface area contributed by atoms with Crippen molar-refractivity contribution in [2.45, 2.75) is 13.5 Å². The minimum Gasteiger partial charge on any atom is -0.491 e. The summed E-state index contributed by atoms with van der Waals surface area (Å²) < 4.78 is 7.33. The van der Waals surface area contributed by atoms with Crippen molar-refractivity contribution in [1.82, 2.24) is 14.9 Å². The number of carbonyl (C=O) groups excluding carboxylic acids is 1. The highest BCUT2D eigenvalue weighted by molar-refractivity contribution is 5.98. The molecule has 0 saturated carbocycles. The number of hydrogen-bond donors (Lipinski definition) is 2. The summed E-state index contributed by atoms with van der Waals surface area (Å²) >= 11 is 0. The Hall–Kier alpha value is -2.50. The van der Waals surface area contributed by atoms with Crippen LogP contribution in [0.15, 0.2) is 36.9 Å². The van der Waals surface area contributed by atoms with Gasteiger partial charge in [-0.3, -0.25) is 4.79 Å². The Morgan fingerprint density at radius 2 is 2.35 bits per heavy atom. The summed E-state index contributed by atoms with van der Waals surface area (Å²) in [6, 6.07) is 5.16. The van der Waals surface area contributed by atoms with Crippen LogP contribution in [0.25, 0.3) is 0 Å². The lowest BCUT2D eigenvalue weighted by Gasteiger charge is -2.12. The van der Waals surface area contributed by atoms with Crippen LogP contribution >= 0.6 is 0 Å². The number of benzene rings is 1. The normalized spacial score (nSPS) is 10.2. The SMILES string of the molecule is CCOc1c(N)cccc1C(=O)NCCn1ccnc1. The van der Waals surface area contributed by atoms with Gasteiger partial charge in [0, 0.05) is 25.5 Å². The van der Waals surface area contributed by atoms with E-state index in [0.717, 1.165) is 0 Å². The zero-order valence-corrected chi connectivity index (χ0v) is 11.4. The molecule has 0 aliphatic carbocycles. The molecular weight excluding hydrogens is 256 g/mol. The summed E-state index contributed by atoms with van der Waals surface area (Å²) in [5.74, 6) is 0.246. The molecule has 1 aromatic heterocycles. The summed E-state index contributed by atoms with van der Waals surface area (Å²) in [6.07, 6.45) is 5.25. The molecule has 0 atom stereocenters. The van der Waals surface area contributed by atoms with Gasteiger partial charge in [0.15, 0.2) is 5.75 Å². The number of para-hydroxylation sites is 1. The first-order chi connectivity index (χ1) is 9.72. The predicted molar refractivity (Wildman–Crippen MR) is 76.6 cm³/mol. The van der Waals surface area contributed by atoms with E-state index in [1.807, 2.05) is 17.7 Å². The van der Waals surface area contributed by atoms with Crippen LogP contribution in [0, 0.1) is 0 Å². The second-order valence-electron chi connectivity index (χ2n) is 4.21. The number of nitrogens with zero attached hydrogens (tertiary/aromatic N) is 2. The molecule has 1 aromatic carbocycles. The maximum absolute atomic E-state index is 12.1. The largest absolute Gasteiger partial charge is 0.491 e. The van der Waals surface area contributed by atoms with E-state index >= 15 is 0 Å². The highest BCUT2D eigenvalue weighted by Crippen LogP contribution is 2.26. The van der Waals surface area contributed by atoms with E-state index in [-0.39, 0.29) is 5.91 Å². The molecule has 0 fully saturated rings. The number of amides is 1. The van der Waals surface area contributed by atoms with Gasteiger partial charge in [0.2, 0.25) is 0 Å². The Morgan fingerprint density at radius 1 is 1.50 bits per heavy atom. The Bertz CT molecular complexity index is 567. The topological polar surface area (TPSA) is 82.2 Å². The summed E-state index contributed by atoms with van der Waals surface area (Å²) in [6.45, 7) is 3.49. The summed E-state index contributed by atoms with van der Waals surface area (Å²) in [5.41, 5.74) is 6.76. The lowest BCUT2D eigenvalue weighted by molar-refractivity contribution is 0.0948. The average molecular weight is 274 g/mol. The van der Waals surface area contributed by atoms with E-state index in [9.17, 15) is 4.79 Å². The van der Waals surface area contributed by atoms with E-state index in [1.54, 1.807) is 30.7 Å². The third-order valence-corrected chi connectivity index (χ3v) is 2.79. The fourth-order valence-corrected chi connectivity index (χ4v) is 1.85. The van der Waals surface area contributed by atoms with Crippen LogP contribution in [0.4, 0.5) is 5.69 Å². The molecule has 0 radical (unpaired) electrons. The Kier molecular flexibility index (Phi) is 4.60. The molecule has 6 nitrogen and oxygen atoms in total. The number of anilines is 1. The second kappa shape index (κ2) is 6.60. The molecule has 0 spiro atoms. The van der Waals surface area contributed by atoms with Crippen molar-refractivity contribution in [2.24, 2.45) is 0 Å². The van der Waals surface area contributed by atoms with E-state index in [1.165, 1.54) is 0 Å². The maximum atomic E-state index is 12.1. The van der Waals surface area contributed by atoms with Crippen LogP contribution in [0.3, 0.4) is 0 Å². The van der Waals surface area contributed by atoms with Crippen LogP contribution in [-0.2, 0) is 6.54 Å². The van der Waals surface area contributed by atoms with Crippen LogP contribution in [0.1, 0.15) is 17.3 Å². The van der Waals surface area contributed by atoms with Gasteiger partial charge in [-0.05, 0) is 19.1 Å². The van der Waals surface area contributed by atoms with Gasteiger partial charge < -0.3 is 20.4 Å². The van der Waals surface area contributed by atoms with Crippen molar-refractivity contribution in [2.75, 3.05) is 18.9 Å². The molecule has 2 rings (SSSR count). The van der Waals surface area contributed by atoms with Gasteiger partial charge >= 0.3 is 0 Å². The molecule has 0 aliphatic heterocycles. The molecule has 0 saturated heterocycles. The Balaban J connectivity index is 1.99. The van der Waals surface area contributed by atoms with Crippen molar-refractivity contribution >= 4 is 11.6 Å². The number of carbonyl (C=O) groups is 1. The minimum atomic E-state index is -0.194. The molecule has 6 heteroatoms. The van der Waals surface area contributed by atoms with Gasteiger partial charge in [0.1, 0.15) is 0 Å². The molecule has 3 N–H and O–H groups in total. The van der Waals surface area contributed by atoms with Gasteiger partial charge in [0.25, 0.3) is 5.91 Å². The van der Waals surface area contributed by atoms with Crippen LogP contribution in [-0.4, -0.2) is 28.6 Å². The van der Waals surface area contributed by atoms with Crippen LogP contribution in [0.2, 0.25) is 0 Å². The first-order valence-electron chi connectivity index (χ1n) is 6.47. The van der Waals surface area contributed by atoms with E-state index in [2.05, 4.69) is 10.3 Å². The summed E-state index contributed by atoms with van der Waals surface area (Å²) in [5, 5.41) is 2.84. The average Bonchev–Trinajstić information content (AvgIpc) is 2.94. The van der Waals surface area contributed by atoms with Crippen molar-refractivity contribution in [3.63, 3.8) is 0 Å². The van der Waals surface area contributed by atoms with Gasteiger partial charge in [-0.2, -0.15) is 0 Å². The van der Waals surface area contributed by atoms with Crippen molar-refractivity contribution in [3.8, 4) is 5.75 Å². The molecule has 106 valence electrons. The maximum Gasteiger partial charge on any atom is 0.255 e. The van der Waals surface area contributed by atoms with Gasteiger partial charge in [-0.15, -0.1) is 0 Å². The zero-order chi connectivity index (χ0) is 14.4. The molecular formula is C14H18N4O2. The van der Waals surface area contributed by atoms with Crippen LogP contribution in [0.5, 0.6) is 5.75 Å². The third-order valence-electron chi connectivity index (χ3n) is 2.79. The number of rotatable bonds is 6. The number of aromatic nitrogens is 2. The minimum absolute atomic E-state index is 0.194. The second-order valence-corrected chi connectivity index (χ2v) is 4.21. The lowest BCUT2D eigenvalue weighted by atomic mass is 10.1. The van der Waals surface area contributed by atoms with Gasteiger partial charge in [0.05, 0.1) is 24.2 Å². The van der Waals surface area contributed by atoms with Crippen molar-refractivity contribution in [1.29, 1.82) is 0 Å². The molecule has 1 amide bonds. The fourth-order valence-electron chi connectivity index (χ4n) is 1.85. The van der Waals surface area contributed by atoms with Gasteiger partial charge in [-0.25, -0.2) is 4.98 Å². The standard InChI is InChI=1S/C14H18N4O2/c1-2-20-13-11(4-3-5-12(13)15)14(19)17-7-9-18-8-6-16-10-18/h3-6,8,10H,2,7,9,15H2,1H3,(H,17,19). The van der Waals surface area contributed by atoms with E-state index in [0.29, 0.717) is 36.7 Å². The van der Waals surface area contributed by atoms with E-state index < -0.39 is 0 Å². The number of hydrogen-bond acceptors (Lipinski definition) is 4. The number of nitrogens with two attached hydrogens (primary N) is 1. The first kappa shape index (κ1) is 13.9. The fraction of sp³-hybridized carbons (Fsp3) is 0.286. The summed E-state index contributed by atoms with van der Waals surface area (Å²) in [4.78, 5) is 16.1. The number of imidazole rings is 1.